The van der Waals surface area contributed by atoms with Crippen LogP contribution < -0.4 is 10.1 Å². The molecule has 23 heavy (non-hydrogen) atoms. The molecule has 1 N–H and O–H groups in total. The van der Waals surface area contributed by atoms with Gasteiger partial charge in [-0.3, -0.25) is 4.79 Å². The molecule has 0 unspecified atom stereocenters. The molecule has 116 valence electrons. The summed E-state index contributed by atoms with van der Waals surface area (Å²) < 4.78 is 5.21. The van der Waals surface area contributed by atoms with Gasteiger partial charge in [0.15, 0.2) is 0 Å². The van der Waals surface area contributed by atoms with Gasteiger partial charge in [-0.2, -0.15) is 0 Å². The van der Waals surface area contributed by atoms with E-state index in [1.54, 1.807) is 7.11 Å². The Morgan fingerprint density at radius 2 is 1.96 bits per heavy atom. The maximum absolute atomic E-state index is 12.2. The highest BCUT2D eigenvalue weighted by atomic mass is 16.5. The van der Waals surface area contributed by atoms with Gasteiger partial charge in [0.25, 0.3) is 5.91 Å². The van der Waals surface area contributed by atoms with Gasteiger partial charge in [0.1, 0.15) is 17.3 Å². The van der Waals surface area contributed by atoms with E-state index >= 15 is 0 Å². The number of methoxy groups -OCH3 is 1. The molecule has 0 saturated carbocycles. The van der Waals surface area contributed by atoms with E-state index < -0.39 is 0 Å². The Kier molecular flexibility index (Phi) is 3.98. The predicted octanol–water partition coefficient (Wildman–Crippen LogP) is 3.23. The van der Waals surface area contributed by atoms with Crippen molar-refractivity contribution in [1.29, 1.82) is 0 Å². The van der Waals surface area contributed by atoms with Crippen molar-refractivity contribution in [2.24, 2.45) is 4.99 Å². The number of rotatable bonds is 3. The van der Waals surface area contributed by atoms with Crippen LogP contribution in [0.5, 0.6) is 5.75 Å². The topological polar surface area (TPSA) is 50.7 Å². The maximum Gasteiger partial charge on any atom is 0.275 e. The van der Waals surface area contributed by atoms with Crippen LogP contribution in [-0.4, -0.2) is 18.9 Å². The zero-order valence-corrected chi connectivity index (χ0v) is 13.4. The number of hydrogen-bond acceptors (Lipinski definition) is 3. The third kappa shape index (κ3) is 3.16. The SMILES string of the molecule is COc1cccc(C2=N/C(=C/c3cc(C)ccc3C)C(=O)N2)c1. The van der Waals surface area contributed by atoms with E-state index in [1.807, 2.05) is 50.3 Å². The average molecular weight is 306 g/mol. The summed E-state index contributed by atoms with van der Waals surface area (Å²) in [6.45, 7) is 4.05. The van der Waals surface area contributed by atoms with Gasteiger partial charge in [-0.25, -0.2) is 4.99 Å². The first-order valence-electron chi connectivity index (χ1n) is 7.40. The molecule has 0 saturated heterocycles. The van der Waals surface area contributed by atoms with Gasteiger partial charge in [-0.1, -0.05) is 35.9 Å². The second-order valence-electron chi connectivity index (χ2n) is 5.54. The van der Waals surface area contributed by atoms with Crippen molar-refractivity contribution >= 4 is 17.8 Å². The number of benzene rings is 2. The van der Waals surface area contributed by atoms with E-state index in [0.717, 1.165) is 28.0 Å². The molecule has 4 heteroatoms. The van der Waals surface area contributed by atoms with Crippen LogP contribution in [-0.2, 0) is 4.79 Å². The Morgan fingerprint density at radius 1 is 1.13 bits per heavy atom. The molecule has 1 amide bonds. The highest BCUT2D eigenvalue weighted by molar-refractivity contribution is 6.19. The number of carbonyl (C=O) groups excluding carboxylic acids is 1. The smallest absolute Gasteiger partial charge is 0.275 e. The number of carbonyl (C=O) groups is 1. The van der Waals surface area contributed by atoms with E-state index in [2.05, 4.69) is 22.4 Å². The van der Waals surface area contributed by atoms with Gasteiger partial charge >= 0.3 is 0 Å². The number of nitrogens with zero attached hydrogens (tertiary/aromatic N) is 1. The minimum absolute atomic E-state index is 0.191. The van der Waals surface area contributed by atoms with Crippen LogP contribution >= 0.6 is 0 Å². The number of nitrogens with one attached hydrogen (secondary N) is 1. The van der Waals surface area contributed by atoms with Crippen molar-refractivity contribution in [3.8, 4) is 5.75 Å². The van der Waals surface area contributed by atoms with Crippen molar-refractivity contribution < 1.29 is 9.53 Å². The summed E-state index contributed by atoms with van der Waals surface area (Å²) in [4.78, 5) is 16.6. The molecule has 0 atom stereocenters. The minimum Gasteiger partial charge on any atom is -0.497 e. The van der Waals surface area contributed by atoms with Crippen LogP contribution in [0.25, 0.3) is 6.08 Å². The largest absolute Gasteiger partial charge is 0.497 e. The molecule has 0 spiro atoms. The van der Waals surface area contributed by atoms with Crippen molar-refractivity contribution in [2.75, 3.05) is 7.11 Å². The predicted molar refractivity (Wildman–Crippen MR) is 91.6 cm³/mol. The van der Waals surface area contributed by atoms with Gasteiger partial charge in [-0.15, -0.1) is 0 Å². The van der Waals surface area contributed by atoms with E-state index in [-0.39, 0.29) is 5.91 Å². The molecule has 4 nitrogen and oxygen atoms in total. The molecule has 2 aromatic rings. The van der Waals surface area contributed by atoms with Crippen molar-refractivity contribution in [2.45, 2.75) is 13.8 Å². The Balaban J connectivity index is 1.98. The first kappa shape index (κ1) is 15.0. The maximum atomic E-state index is 12.2. The second-order valence-corrected chi connectivity index (χ2v) is 5.54. The number of aliphatic imine (C=N–C) groups is 1. The van der Waals surface area contributed by atoms with E-state index in [1.165, 1.54) is 0 Å². The van der Waals surface area contributed by atoms with E-state index in [9.17, 15) is 4.79 Å². The lowest BCUT2D eigenvalue weighted by atomic mass is 10.0. The molecule has 0 bridgehead atoms. The molecule has 0 radical (unpaired) electrons. The van der Waals surface area contributed by atoms with Crippen LogP contribution in [0.1, 0.15) is 22.3 Å². The molecular weight excluding hydrogens is 288 g/mol. The number of amides is 1. The van der Waals surface area contributed by atoms with E-state index in [4.69, 9.17) is 4.74 Å². The zero-order valence-electron chi connectivity index (χ0n) is 13.4. The van der Waals surface area contributed by atoms with Gasteiger partial charge in [0.2, 0.25) is 0 Å². The van der Waals surface area contributed by atoms with Crippen molar-refractivity contribution in [3.05, 3.63) is 70.4 Å². The fraction of sp³-hybridized carbons (Fsp3) is 0.158. The molecular formula is C19H18N2O2. The third-order valence-electron chi connectivity index (χ3n) is 3.77. The molecule has 0 aliphatic carbocycles. The number of amidine groups is 1. The minimum atomic E-state index is -0.191. The lowest BCUT2D eigenvalue weighted by Crippen LogP contribution is -2.24. The highest BCUT2D eigenvalue weighted by Gasteiger charge is 2.21. The standard InChI is InChI=1S/C19H18N2O2/c1-12-7-8-13(2)15(9-12)11-17-19(22)21-18(20-17)14-5-4-6-16(10-14)23-3/h4-11H,1-3H3,(H,20,21,22)/b17-11+. The summed E-state index contributed by atoms with van der Waals surface area (Å²) in [5.74, 6) is 1.08. The van der Waals surface area contributed by atoms with Crippen molar-refractivity contribution in [3.63, 3.8) is 0 Å². The number of ether oxygens (including phenoxy) is 1. The van der Waals surface area contributed by atoms with Gasteiger partial charge in [0, 0.05) is 5.56 Å². The second kappa shape index (κ2) is 6.08. The van der Waals surface area contributed by atoms with Crippen LogP contribution in [0, 0.1) is 13.8 Å². The zero-order chi connectivity index (χ0) is 16.4. The van der Waals surface area contributed by atoms with Crippen LogP contribution in [0.2, 0.25) is 0 Å². The fourth-order valence-electron chi connectivity index (χ4n) is 2.44. The summed E-state index contributed by atoms with van der Waals surface area (Å²) in [7, 11) is 1.61. The summed E-state index contributed by atoms with van der Waals surface area (Å²) in [6, 6.07) is 13.6. The normalized spacial score (nSPS) is 15.5. The summed E-state index contributed by atoms with van der Waals surface area (Å²) >= 11 is 0. The number of hydrogen-bond donors (Lipinski definition) is 1. The monoisotopic (exact) mass is 306 g/mol. The molecule has 3 rings (SSSR count). The molecule has 0 aromatic heterocycles. The number of aryl methyl sites for hydroxylation is 2. The van der Waals surface area contributed by atoms with Crippen LogP contribution in [0.4, 0.5) is 0 Å². The Hall–Kier alpha value is -2.88. The van der Waals surface area contributed by atoms with Crippen LogP contribution in [0.3, 0.4) is 0 Å². The summed E-state index contributed by atoms with van der Waals surface area (Å²) in [5, 5.41) is 2.81. The summed E-state index contributed by atoms with van der Waals surface area (Å²) in [5.41, 5.74) is 4.50. The first-order valence-corrected chi connectivity index (χ1v) is 7.40. The average Bonchev–Trinajstić information content (AvgIpc) is 2.92. The lowest BCUT2D eigenvalue weighted by molar-refractivity contribution is -0.115. The molecule has 1 aliphatic heterocycles. The quantitative estimate of drug-likeness (QED) is 0.885. The Bertz CT molecular complexity index is 835. The molecule has 1 aliphatic rings. The Labute approximate surface area is 135 Å². The Morgan fingerprint density at radius 3 is 2.74 bits per heavy atom. The van der Waals surface area contributed by atoms with Crippen molar-refractivity contribution in [1.82, 2.24) is 5.32 Å². The molecule has 1 heterocycles. The third-order valence-corrected chi connectivity index (χ3v) is 3.77. The lowest BCUT2D eigenvalue weighted by Gasteiger charge is -2.03. The van der Waals surface area contributed by atoms with E-state index in [0.29, 0.717) is 11.5 Å². The molecule has 2 aromatic carbocycles. The van der Waals surface area contributed by atoms with Gasteiger partial charge in [-0.05, 0) is 43.2 Å². The van der Waals surface area contributed by atoms with Gasteiger partial charge < -0.3 is 10.1 Å². The van der Waals surface area contributed by atoms with Crippen LogP contribution in [0.15, 0.2) is 53.2 Å². The molecule has 0 fully saturated rings. The fourth-order valence-corrected chi connectivity index (χ4v) is 2.44. The first-order chi connectivity index (χ1) is 11.1. The summed E-state index contributed by atoms with van der Waals surface area (Å²) in [6.07, 6.45) is 1.82. The van der Waals surface area contributed by atoms with Gasteiger partial charge in [0.05, 0.1) is 7.11 Å². The highest BCUT2D eigenvalue weighted by Crippen LogP contribution is 2.20.